The van der Waals surface area contributed by atoms with Crippen molar-refractivity contribution in [2.24, 2.45) is 5.92 Å². The third kappa shape index (κ3) is 7.27. The molecule has 1 aliphatic rings. The smallest absolute Gasteiger partial charge is 0.415 e. The van der Waals surface area contributed by atoms with Crippen LogP contribution in [-0.4, -0.2) is 43.5 Å². The van der Waals surface area contributed by atoms with E-state index in [4.69, 9.17) is 17.5 Å². The summed E-state index contributed by atoms with van der Waals surface area (Å²) in [5.74, 6) is -0.0802. The van der Waals surface area contributed by atoms with Gasteiger partial charge in [0, 0.05) is 39.8 Å². The number of hydrogen-bond acceptors (Lipinski definition) is 6. The molecule has 0 bridgehead atoms. The second-order valence-corrected chi connectivity index (χ2v) is 6.84. The molecule has 0 spiro atoms. The van der Waals surface area contributed by atoms with Crippen LogP contribution in [0.3, 0.4) is 0 Å². The Bertz CT molecular complexity index is 382. The van der Waals surface area contributed by atoms with Crippen LogP contribution in [-0.2, 0) is 59.9 Å². The van der Waals surface area contributed by atoms with Gasteiger partial charge in [-0.05, 0) is 0 Å². The third-order valence-corrected chi connectivity index (χ3v) is 4.84. The molecular formula is C7H14BO8P2Y-. The summed E-state index contributed by atoms with van der Waals surface area (Å²) in [6.07, 6.45) is 1.17. The van der Waals surface area contributed by atoms with Crippen molar-refractivity contribution in [1.29, 1.82) is 0 Å². The fourth-order valence-corrected chi connectivity index (χ4v) is 3.17. The first-order valence-corrected chi connectivity index (χ1v) is 7.97. The molecular weight excluding hydrogens is 374 g/mol. The summed E-state index contributed by atoms with van der Waals surface area (Å²) in [6, 6.07) is -0.574. The first kappa shape index (κ1) is 20.4. The van der Waals surface area contributed by atoms with Crippen LogP contribution in [0.1, 0.15) is 6.92 Å². The Labute approximate surface area is 138 Å². The minimum absolute atomic E-state index is 0. The summed E-state index contributed by atoms with van der Waals surface area (Å²) >= 11 is 0. The molecule has 1 fully saturated rings. The second-order valence-electron chi connectivity index (χ2n) is 3.69. The average Bonchev–Trinajstić information content (AvgIpc) is 2.53. The Morgan fingerprint density at radius 2 is 1.95 bits per heavy atom. The Kier molecular flexibility index (Phi) is 8.73. The van der Waals surface area contributed by atoms with Crippen LogP contribution in [0.15, 0.2) is 0 Å². The maximum Gasteiger partial charge on any atom is 0.481 e. The van der Waals surface area contributed by atoms with E-state index in [1.54, 1.807) is 13.3 Å². The van der Waals surface area contributed by atoms with E-state index in [0.717, 1.165) is 7.11 Å². The zero-order chi connectivity index (χ0) is 14.0. The van der Waals surface area contributed by atoms with Gasteiger partial charge in [-0.3, -0.25) is 9.05 Å². The van der Waals surface area contributed by atoms with Gasteiger partial charge in [0.25, 0.3) is 0 Å². The zero-order valence-electron chi connectivity index (χ0n) is 10.4. The van der Waals surface area contributed by atoms with Gasteiger partial charge in [-0.25, -0.2) is 9.13 Å². The minimum atomic E-state index is -4.70. The Morgan fingerprint density at radius 1 is 1.37 bits per heavy atom. The molecule has 2 N–H and O–H groups in total. The van der Waals surface area contributed by atoms with E-state index in [1.165, 1.54) is 0 Å². The van der Waals surface area contributed by atoms with Crippen LogP contribution in [0, 0.1) is 12.3 Å². The van der Waals surface area contributed by atoms with Crippen molar-refractivity contribution in [3.05, 3.63) is 6.42 Å². The average molecular weight is 388 g/mol. The first-order chi connectivity index (χ1) is 8.15. The molecule has 1 rings (SSSR count). The number of phosphoric acid groups is 2. The van der Waals surface area contributed by atoms with Crippen molar-refractivity contribution < 1.29 is 69.7 Å². The second kappa shape index (κ2) is 8.14. The molecule has 1 heterocycles. The quantitative estimate of drug-likeness (QED) is 0.387. The fourth-order valence-electron chi connectivity index (χ4n) is 1.34. The van der Waals surface area contributed by atoms with Crippen LogP contribution in [0.4, 0.5) is 0 Å². The molecule has 0 aromatic heterocycles. The van der Waals surface area contributed by atoms with Crippen LogP contribution in [0.2, 0.25) is 0 Å². The molecule has 0 aliphatic carbocycles. The predicted molar refractivity (Wildman–Crippen MR) is 61.6 cm³/mol. The summed E-state index contributed by atoms with van der Waals surface area (Å²) in [7, 11) is -2.96. The molecule has 0 amide bonds. The van der Waals surface area contributed by atoms with E-state index in [2.05, 4.69) is 13.4 Å². The van der Waals surface area contributed by atoms with Gasteiger partial charge >= 0.3 is 15.6 Å². The molecule has 12 heteroatoms. The van der Waals surface area contributed by atoms with Gasteiger partial charge in [-0.1, -0.05) is 12.9 Å². The van der Waals surface area contributed by atoms with Crippen molar-refractivity contribution in [3.8, 4) is 0 Å². The van der Waals surface area contributed by atoms with Gasteiger partial charge in [0.05, 0.1) is 20.6 Å². The molecule has 0 aromatic carbocycles. The Morgan fingerprint density at radius 3 is 2.37 bits per heavy atom. The van der Waals surface area contributed by atoms with Crippen molar-refractivity contribution in [1.82, 2.24) is 0 Å². The maximum absolute atomic E-state index is 11.3. The molecule has 8 nitrogen and oxygen atoms in total. The maximum atomic E-state index is 11.3. The van der Waals surface area contributed by atoms with Crippen LogP contribution in [0.5, 0.6) is 0 Å². The molecule has 19 heavy (non-hydrogen) atoms. The van der Waals surface area contributed by atoms with E-state index in [9.17, 15) is 14.0 Å². The number of ether oxygens (including phenoxy) is 1. The van der Waals surface area contributed by atoms with Gasteiger partial charge < -0.3 is 20.9 Å². The number of rotatable bonds is 6. The van der Waals surface area contributed by atoms with Gasteiger partial charge in [0.15, 0.2) is 0 Å². The minimum Gasteiger partial charge on any atom is -0.415 e. The van der Waals surface area contributed by atoms with E-state index >= 15 is 0 Å². The normalized spacial score (nSPS) is 33.2. The molecule has 0 aromatic rings. The SMILES string of the molecule is [B][C@H]1[CH-][C@@H](C)[C@@H](COP(=O)(O)OP(=O)(O)OC)O1.[Y]. The van der Waals surface area contributed by atoms with Crippen molar-refractivity contribution in [2.45, 2.75) is 19.0 Å². The van der Waals surface area contributed by atoms with Crippen LogP contribution >= 0.6 is 15.6 Å². The van der Waals surface area contributed by atoms with E-state index in [0.29, 0.717) is 0 Å². The third-order valence-electron chi connectivity index (χ3n) is 2.25. The van der Waals surface area contributed by atoms with E-state index < -0.39 is 27.8 Å². The molecule has 3 radical (unpaired) electrons. The van der Waals surface area contributed by atoms with Gasteiger partial charge in [0.1, 0.15) is 0 Å². The topological polar surface area (TPSA) is 112 Å². The van der Waals surface area contributed by atoms with Gasteiger partial charge in [0.2, 0.25) is 0 Å². The molecule has 1 aliphatic heterocycles. The van der Waals surface area contributed by atoms with Gasteiger partial charge in [-0.2, -0.15) is 4.31 Å². The van der Waals surface area contributed by atoms with Crippen molar-refractivity contribution >= 4 is 23.5 Å². The number of phosphoric ester groups is 2. The Balaban J connectivity index is 0.00000324. The summed E-state index contributed by atoms with van der Waals surface area (Å²) in [5, 5.41) is 0. The zero-order valence-corrected chi connectivity index (χ0v) is 15.0. The molecule has 107 valence electrons. The summed E-state index contributed by atoms with van der Waals surface area (Å²) in [5.41, 5.74) is 0. The molecule has 1 saturated heterocycles. The summed E-state index contributed by atoms with van der Waals surface area (Å²) < 4.78 is 40.0. The van der Waals surface area contributed by atoms with Crippen molar-refractivity contribution in [2.75, 3.05) is 13.7 Å². The van der Waals surface area contributed by atoms with E-state index in [-0.39, 0.29) is 45.2 Å². The number of hydrogen-bond donors (Lipinski definition) is 2. The molecule has 2 unspecified atom stereocenters. The first-order valence-electron chi connectivity index (χ1n) is 4.98. The monoisotopic (exact) mass is 388 g/mol. The fraction of sp³-hybridized carbons (Fsp3) is 0.857. The van der Waals surface area contributed by atoms with Gasteiger partial charge in [-0.15, -0.1) is 5.92 Å². The molecule has 0 saturated carbocycles. The largest absolute Gasteiger partial charge is 0.481 e. The van der Waals surface area contributed by atoms with Crippen LogP contribution in [0.25, 0.3) is 0 Å². The Hall–Kier alpha value is 1.39. The van der Waals surface area contributed by atoms with Crippen LogP contribution < -0.4 is 0 Å². The summed E-state index contributed by atoms with van der Waals surface area (Å²) in [4.78, 5) is 18.1. The standard InChI is InChI=1S/C7H14BO8P2.Y/c1-5-3-7(8)15-6(5)4-14-18(11,12)16-17(9,10)13-2;/h3,5-7H,4H2,1-2H3,(H,9,10)(H,11,12);/q-1;/t5-,6-,7-;/m1./s1. The summed E-state index contributed by atoms with van der Waals surface area (Å²) in [6.45, 7) is 1.49. The molecule has 5 atom stereocenters. The predicted octanol–water partition coefficient (Wildman–Crippen LogP) is 0.598. The van der Waals surface area contributed by atoms with E-state index in [1.807, 2.05) is 0 Å². The van der Waals surface area contributed by atoms with Crippen molar-refractivity contribution in [3.63, 3.8) is 0 Å².